The average molecular weight is 471 g/mol. The number of aryl methyl sites for hydroxylation is 2. The summed E-state index contributed by atoms with van der Waals surface area (Å²) in [4.78, 5) is 33.2. The minimum atomic E-state index is -0.210. The van der Waals surface area contributed by atoms with Gasteiger partial charge in [0.05, 0.1) is 11.6 Å². The number of aromatic nitrogens is 4. The van der Waals surface area contributed by atoms with E-state index in [2.05, 4.69) is 51.7 Å². The lowest BCUT2D eigenvalue weighted by molar-refractivity contribution is 0.0687. The summed E-state index contributed by atoms with van der Waals surface area (Å²) in [5.41, 5.74) is 2.60. The fourth-order valence-corrected chi connectivity index (χ4v) is 5.79. The number of hydrogen-bond acceptors (Lipinski definition) is 5. The van der Waals surface area contributed by atoms with Crippen molar-refractivity contribution in [2.45, 2.75) is 69.5 Å². The van der Waals surface area contributed by atoms with Gasteiger partial charge < -0.3 is 14.8 Å². The lowest BCUT2D eigenvalue weighted by Gasteiger charge is -2.37. The second-order valence-electron chi connectivity index (χ2n) is 9.98. The number of pyridine rings is 1. The van der Waals surface area contributed by atoms with E-state index in [-0.39, 0.29) is 29.3 Å². The van der Waals surface area contributed by atoms with Gasteiger partial charge in [-0.05, 0) is 49.8 Å². The Morgan fingerprint density at radius 2 is 1.91 bits per heavy atom. The molecule has 2 amide bonds. The van der Waals surface area contributed by atoms with Gasteiger partial charge in [-0.15, -0.1) is 10.2 Å². The van der Waals surface area contributed by atoms with Crippen LogP contribution >= 0.6 is 0 Å². The van der Waals surface area contributed by atoms with Crippen LogP contribution in [-0.4, -0.2) is 55.1 Å². The molecule has 1 N–H and O–H groups in total. The predicted molar refractivity (Wildman–Crippen MR) is 130 cm³/mol. The number of amides is 2. The van der Waals surface area contributed by atoms with Crippen molar-refractivity contribution >= 4 is 11.8 Å². The van der Waals surface area contributed by atoms with Crippen molar-refractivity contribution in [3.05, 3.63) is 77.1 Å². The third-order valence-corrected chi connectivity index (χ3v) is 7.95. The molecule has 1 aromatic carbocycles. The van der Waals surface area contributed by atoms with Gasteiger partial charge in [-0.3, -0.25) is 14.6 Å². The van der Waals surface area contributed by atoms with Crippen molar-refractivity contribution in [3.8, 4) is 0 Å². The van der Waals surface area contributed by atoms with E-state index < -0.39 is 0 Å². The second kappa shape index (κ2) is 8.59. The van der Waals surface area contributed by atoms with Crippen molar-refractivity contribution in [2.75, 3.05) is 6.54 Å². The summed E-state index contributed by atoms with van der Waals surface area (Å²) in [6.07, 6.45) is 6.98. The Bertz CT molecular complexity index is 1250. The molecule has 8 heteroatoms. The van der Waals surface area contributed by atoms with E-state index >= 15 is 0 Å². The molecule has 180 valence electrons. The number of likely N-dealkylation sites (tertiary alicyclic amines) is 1. The zero-order chi connectivity index (χ0) is 24.0. The normalized spacial score (nSPS) is 23.3. The van der Waals surface area contributed by atoms with Crippen LogP contribution in [0.3, 0.4) is 0 Å². The molecule has 2 aromatic heterocycles. The minimum absolute atomic E-state index is 0.0107. The van der Waals surface area contributed by atoms with E-state index in [4.69, 9.17) is 0 Å². The molecule has 0 radical (unpaired) electrons. The molecule has 2 fully saturated rings. The Morgan fingerprint density at radius 1 is 1.09 bits per heavy atom. The van der Waals surface area contributed by atoms with Gasteiger partial charge in [0.1, 0.15) is 5.82 Å². The maximum atomic E-state index is 13.8. The topological polar surface area (TPSA) is 93.0 Å². The Kier molecular flexibility index (Phi) is 5.39. The SMILES string of the molecule is CCc1ccc(C(=O)N2CC[C@]3(c4ccccc4)CCc4nnc(C(=O)NC5CC5)n4C[C@H]23)cn1. The van der Waals surface area contributed by atoms with Gasteiger partial charge in [0, 0.05) is 42.9 Å². The fraction of sp³-hybridized carbons (Fsp3) is 0.444. The summed E-state index contributed by atoms with van der Waals surface area (Å²) in [5.74, 6) is 0.984. The van der Waals surface area contributed by atoms with E-state index in [9.17, 15) is 9.59 Å². The Labute approximate surface area is 204 Å². The molecule has 0 spiro atoms. The van der Waals surface area contributed by atoms with E-state index in [1.165, 1.54) is 5.56 Å². The highest BCUT2D eigenvalue weighted by atomic mass is 16.2. The first-order valence-electron chi connectivity index (χ1n) is 12.6. The molecule has 3 aromatic rings. The maximum Gasteiger partial charge on any atom is 0.289 e. The van der Waals surface area contributed by atoms with Crippen molar-refractivity contribution in [2.24, 2.45) is 0 Å². The first-order valence-corrected chi connectivity index (χ1v) is 12.6. The molecular formula is C27H30N6O2. The molecule has 1 saturated heterocycles. The number of fused-ring (bicyclic) bond motifs is 2. The van der Waals surface area contributed by atoms with Gasteiger partial charge in [-0.25, -0.2) is 0 Å². The van der Waals surface area contributed by atoms with Crippen molar-refractivity contribution in [1.82, 2.24) is 30.0 Å². The Balaban J connectivity index is 1.39. The fourth-order valence-electron chi connectivity index (χ4n) is 5.79. The Hall–Kier alpha value is -3.55. The Morgan fingerprint density at radius 3 is 2.63 bits per heavy atom. The molecule has 8 nitrogen and oxygen atoms in total. The lowest BCUT2D eigenvalue weighted by atomic mass is 9.71. The monoisotopic (exact) mass is 470 g/mol. The van der Waals surface area contributed by atoms with E-state index in [0.29, 0.717) is 30.9 Å². The largest absolute Gasteiger partial charge is 0.347 e. The quantitative estimate of drug-likeness (QED) is 0.619. The molecule has 0 unspecified atom stereocenters. The summed E-state index contributed by atoms with van der Waals surface area (Å²) < 4.78 is 1.96. The molecule has 2 atom stereocenters. The third kappa shape index (κ3) is 3.81. The zero-order valence-corrected chi connectivity index (χ0v) is 20.0. The lowest BCUT2D eigenvalue weighted by Crippen LogP contribution is -2.47. The molecule has 4 heterocycles. The highest BCUT2D eigenvalue weighted by Gasteiger charge is 2.52. The highest BCUT2D eigenvalue weighted by Crippen LogP contribution is 2.46. The first-order chi connectivity index (χ1) is 17.1. The molecule has 6 rings (SSSR count). The molecule has 35 heavy (non-hydrogen) atoms. The number of nitrogens with one attached hydrogen (secondary N) is 1. The van der Waals surface area contributed by atoms with E-state index in [0.717, 1.165) is 43.6 Å². The van der Waals surface area contributed by atoms with Crippen LogP contribution in [0.5, 0.6) is 0 Å². The van der Waals surface area contributed by atoms with Crippen LogP contribution in [0.15, 0.2) is 48.7 Å². The van der Waals surface area contributed by atoms with Crippen LogP contribution in [0, 0.1) is 0 Å². The van der Waals surface area contributed by atoms with Crippen LogP contribution in [0.2, 0.25) is 0 Å². The summed E-state index contributed by atoms with van der Waals surface area (Å²) in [5, 5.41) is 11.7. The number of rotatable bonds is 5. The van der Waals surface area contributed by atoms with Gasteiger partial charge in [0.2, 0.25) is 5.82 Å². The zero-order valence-electron chi connectivity index (χ0n) is 20.0. The van der Waals surface area contributed by atoms with Gasteiger partial charge in [0.15, 0.2) is 0 Å². The molecule has 0 bridgehead atoms. The van der Waals surface area contributed by atoms with Crippen LogP contribution in [0.25, 0.3) is 0 Å². The number of carbonyl (C=O) groups excluding carboxylic acids is 2. The van der Waals surface area contributed by atoms with Crippen molar-refractivity contribution in [3.63, 3.8) is 0 Å². The van der Waals surface area contributed by atoms with E-state index in [1.807, 2.05) is 27.7 Å². The van der Waals surface area contributed by atoms with E-state index in [1.54, 1.807) is 6.20 Å². The first kappa shape index (κ1) is 21.9. The number of hydrogen-bond donors (Lipinski definition) is 1. The minimum Gasteiger partial charge on any atom is -0.347 e. The summed E-state index contributed by atoms with van der Waals surface area (Å²) in [6, 6.07) is 14.4. The van der Waals surface area contributed by atoms with Crippen molar-refractivity contribution < 1.29 is 9.59 Å². The average Bonchev–Trinajstić information content (AvgIpc) is 3.55. The van der Waals surface area contributed by atoms with Gasteiger partial charge in [0.25, 0.3) is 11.8 Å². The molecule has 1 aliphatic carbocycles. The van der Waals surface area contributed by atoms with Crippen LogP contribution in [0.4, 0.5) is 0 Å². The van der Waals surface area contributed by atoms with Gasteiger partial charge in [-0.1, -0.05) is 37.3 Å². The molecule has 2 aliphatic heterocycles. The maximum absolute atomic E-state index is 13.8. The van der Waals surface area contributed by atoms with Gasteiger partial charge in [-0.2, -0.15) is 0 Å². The smallest absolute Gasteiger partial charge is 0.289 e. The third-order valence-electron chi connectivity index (χ3n) is 7.95. The summed E-state index contributed by atoms with van der Waals surface area (Å²) in [7, 11) is 0. The van der Waals surface area contributed by atoms with Crippen LogP contribution in [0.1, 0.15) is 70.7 Å². The second-order valence-corrected chi connectivity index (χ2v) is 9.98. The standard InChI is InChI=1S/C27H30N6O2/c1-2-20-9-8-18(16-28-20)26(35)32-15-14-27(19-6-4-3-5-7-19)13-12-23-30-31-24(33(23)17-22(27)32)25(34)29-21-10-11-21/h3-9,16,21-22H,2,10-15,17H2,1H3,(H,29,34)/t22-,27-/m0/s1. The summed E-state index contributed by atoms with van der Waals surface area (Å²) in [6.45, 7) is 3.21. The number of benzene rings is 1. The molecular weight excluding hydrogens is 440 g/mol. The molecule has 3 aliphatic rings. The van der Waals surface area contributed by atoms with Crippen molar-refractivity contribution in [1.29, 1.82) is 0 Å². The van der Waals surface area contributed by atoms with Gasteiger partial charge >= 0.3 is 0 Å². The van der Waals surface area contributed by atoms with Crippen LogP contribution in [-0.2, 0) is 24.8 Å². The predicted octanol–water partition coefficient (Wildman–Crippen LogP) is 2.93. The molecule has 1 saturated carbocycles. The van der Waals surface area contributed by atoms with Crippen LogP contribution < -0.4 is 5.32 Å². The number of nitrogens with zero attached hydrogens (tertiary/aromatic N) is 5. The highest BCUT2D eigenvalue weighted by molar-refractivity contribution is 5.94. The number of carbonyl (C=O) groups is 2. The summed E-state index contributed by atoms with van der Waals surface area (Å²) >= 11 is 0.